The number of aryl methyl sites for hydroxylation is 1. The third kappa shape index (κ3) is 1.42. The summed E-state index contributed by atoms with van der Waals surface area (Å²) in [6.45, 7) is 0. The summed E-state index contributed by atoms with van der Waals surface area (Å²) in [5.74, 6) is 0. The summed E-state index contributed by atoms with van der Waals surface area (Å²) in [7, 11) is 1.49. The number of aromatic nitrogens is 4. The number of rotatable bonds is 1. The molecule has 0 aliphatic carbocycles. The van der Waals surface area contributed by atoms with Gasteiger partial charge in [-0.2, -0.15) is 9.36 Å². The monoisotopic (exact) mass is 212 g/mol. The van der Waals surface area contributed by atoms with Gasteiger partial charge < -0.3 is 0 Å². The second-order valence-electron chi connectivity index (χ2n) is 2.68. The summed E-state index contributed by atoms with van der Waals surface area (Å²) in [5.41, 5.74) is -0.0913. The second kappa shape index (κ2) is 3.26. The molecular formula is C8H7ClN4O. The number of tetrazole rings is 1. The van der Waals surface area contributed by atoms with Gasteiger partial charge in [-0.1, -0.05) is 17.7 Å². The molecule has 5 nitrogen and oxygen atoms in total. The van der Waals surface area contributed by atoms with Crippen LogP contribution in [-0.4, -0.2) is 19.8 Å². The molecule has 0 aliphatic rings. The summed E-state index contributed by atoms with van der Waals surface area (Å²) < 4.78 is 9.79. The molecule has 0 saturated carbocycles. The van der Waals surface area contributed by atoms with E-state index in [2.05, 4.69) is 10.4 Å². The van der Waals surface area contributed by atoms with Crippen LogP contribution < -0.4 is 5.69 Å². The highest BCUT2D eigenvalue weighted by atomic mass is 35.5. The Balaban J connectivity index is 2.70. The largest absolute Gasteiger partial charge is 0.368 e. The molecule has 1 aromatic carbocycles. The van der Waals surface area contributed by atoms with E-state index in [0.29, 0.717) is 5.69 Å². The predicted molar refractivity (Wildman–Crippen MR) is 51.6 cm³/mol. The molecule has 2 aromatic rings. The van der Waals surface area contributed by atoms with Gasteiger partial charge in [0, 0.05) is 12.1 Å². The number of hydrogen-bond acceptors (Lipinski definition) is 3. The maximum atomic E-state index is 11.5. The molecule has 14 heavy (non-hydrogen) atoms. The summed E-state index contributed by atoms with van der Waals surface area (Å²) in [6, 6.07) is 4.87. The van der Waals surface area contributed by atoms with E-state index in [1.807, 2.05) is 0 Å². The first-order chi connectivity index (χ1) is 7.11. The third-order valence-corrected chi connectivity index (χ3v) is 1.91. The van der Waals surface area contributed by atoms with E-state index in [9.17, 15) is 4.79 Å². The van der Waals surface area contributed by atoms with Gasteiger partial charge in [0.25, 0.3) is 0 Å². The van der Waals surface area contributed by atoms with Crippen LogP contribution in [0.2, 0.25) is 5.02 Å². The fourth-order valence-electron chi connectivity index (χ4n) is 1.02. The van der Waals surface area contributed by atoms with Crippen LogP contribution in [0.25, 0.3) is 5.69 Å². The molecule has 0 atom stereocenters. The van der Waals surface area contributed by atoms with E-state index in [1.165, 1.54) is 7.05 Å². The van der Waals surface area contributed by atoms with Crippen molar-refractivity contribution in [3.05, 3.63) is 39.7 Å². The van der Waals surface area contributed by atoms with Crippen LogP contribution in [0.5, 0.6) is 0 Å². The maximum absolute atomic E-state index is 11.5. The number of nitrogens with zero attached hydrogens (tertiary/aromatic N) is 4. The van der Waals surface area contributed by atoms with Crippen molar-refractivity contribution < 1.29 is 1.37 Å². The molecule has 0 N–H and O–H groups in total. The highest BCUT2D eigenvalue weighted by molar-refractivity contribution is 6.30. The lowest BCUT2D eigenvalue weighted by molar-refractivity contribution is 0.693. The fourth-order valence-corrected chi connectivity index (χ4v) is 1.19. The topological polar surface area (TPSA) is 52.7 Å². The average Bonchev–Trinajstić information content (AvgIpc) is 2.53. The smallest absolute Gasteiger partial charge is 0.244 e. The molecule has 72 valence electrons. The zero-order valence-corrected chi connectivity index (χ0v) is 8.06. The van der Waals surface area contributed by atoms with Gasteiger partial charge in [-0.25, -0.2) is 4.79 Å². The van der Waals surface area contributed by atoms with E-state index >= 15 is 0 Å². The molecule has 0 saturated heterocycles. The zero-order chi connectivity index (χ0) is 11.0. The lowest BCUT2D eigenvalue weighted by Gasteiger charge is -1.97. The molecule has 0 spiro atoms. The Hall–Kier alpha value is -1.62. The van der Waals surface area contributed by atoms with Gasteiger partial charge in [0.1, 0.15) is 0 Å². The van der Waals surface area contributed by atoms with Crippen molar-refractivity contribution in [1.29, 1.82) is 0 Å². The SMILES string of the molecule is [3H]c1c(Cl)cccc1-n1nnn(C)c1=O. The first-order valence-corrected chi connectivity index (χ1v) is 4.23. The molecule has 0 aliphatic heterocycles. The highest BCUT2D eigenvalue weighted by Crippen LogP contribution is 2.11. The number of benzene rings is 1. The molecule has 1 heterocycles. The van der Waals surface area contributed by atoms with E-state index in [4.69, 9.17) is 13.0 Å². The van der Waals surface area contributed by atoms with Crippen molar-refractivity contribution in [2.24, 2.45) is 7.05 Å². The molecule has 1 aromatic heterocycles. The van der Waals surface area contributed by atoms with Crippen molar-refractivity contribution in [2.45, 2.75) is 0 Å². The van der Waals surface area contributed by atoms with Crippen LogP contribution in [-0.2, 0) is 7.05 Å². The molecule has 0 radical (unpaired) electrons. The Bertz CT molecular complexity index is 562. The highest BCUT2D eigenvalue weighted by Gasteiger charge is 2.05. The van der Waals surface area contributed by atoms with Crippen molar-refractivity contribution in [3.63, 3.8) is 0 Å². The van der Waals surface area contributed by atoms with Crippen molar-refractivity contribution in [1.82, 2.24) is 19.8 Å². The van der Waals surface area contributed by atoms with Crippen LogP contribution >= 0.6 is 11.6 Å². The van der Waals surface area contributed by atoms with Crippen LogP contribution in [0.3, 0.4) is 0 Å². The van der Waals surface area contributed by atoms with Crippen molar-refractivity contribution >= 4 is 11.6 Å². The van der Waals surface area contributed by atoms with E-state index < -0.39 is 5.69 Å². The summed E-state index contributed by atoms with van der Waals surface area (Å²) in [6.07, 6.45) is 0. The van der Waals surface area contributed by atoms with Crippen LogP contribution in [0.1, 0.15) is 1.37 Å². The molecule has 0 bridgehead atoms. The first kappa shape index (κ1) is 7.75. The molecule has 0 amide bonds. The van der Waals surface area contributed by atoms with E-state index in [1.54, 1.807) is 18.2 Å². The first-order valence-electron chi connectivity index (χ1n) is 4.36. The quantitative estimate of drug-likeness (QED) is 0.697. The number of hydrogen-bond donors (Lipinski definition) is 0. The Morgan fingerprint density at radius 1 is 1.50 bits per heavy atom. The predicted octanol–water partition coefficient (Wildman–Crippen LogP) is 0.619. The van der Waals surface area contributed by atoms with Gasteiger partial charge in [-0.15, -0.1) is 0 Å². The van der Waals surface area contributed by atoms with Crippen molar-refractivity contribution in [2.75, 3.05) is 0 Å². The fraction of sp³-hybridized carbons (Fsp3) is 0.125. The molecule has 0 fully saturated rings. The van der Waals surface area contributed by atoms with Gasteiger partial charge in [0.05, 0.1) is 7.06 Å². The van der Waals surface area contributed by atoms with Crippen LogP contribution in [0.15, 0.2) is 29.0 Å². The lowest BCUT2D eigenvalue weighted by Crippen LogP contribution is -2.21. The minimum atomic E-state index is -0.411. The standard InChI is InChI=1S/C8H7ClN4O/c1-12-8(14)13(11-10-12)7-4-2-3-6(9)5-7/h2-5H,1H3/i5T. The minimum absolute atomic E-state index is 0.0572. The Morgan fingerprint density at radius 2 is 2.29 bits per heavy atom. The third-order valence-electron chi connectivity index (χ3n) is 1.69. The van der Waals surface area contributed by atoms with Crippen LogP contribution in [0, 0.1) is 0 Å². The van der Waals surface area contributed by atoms with Gasteiger partial charge in [0.15, 0.2) is 0 Å². The Kier molecular flexibility index (Phi) is 1.81. The van der Waals surface area contributed by atoms with Gasteiger partial charge in [0.2, 0.25) is 0 Å². The van der Waals surface area contributed by atoms with Gasteiger partial charge >= 0.3 is 5.69 Å². The average molecular weight is 213 g/mol. The lowest BCUT2D eigenvalue weighted by atomic mass is 10.3. The van der Waals surface area contributed by atoms with Crippen molar-refractivity contribution in [3.8, 4) is 5.69 Å². The maximum Gasteiger partial charge on any atom is 0.368 e. The molecular weight excluding hydrogens is 204 g/mol. The Morgan fingerprint density at radius 3 is 2.93 bits per heavy atom. The van der Waals surface area contributed by atoms with Crippen LogP contribution in [0.4, 0.5) is 0 Å². The Labute approximate surface area is 85.9 Å². The summed E-state index contributed by atoms with van der Waals surface area (Å²) in [4.78, 5) is 11.5. The normalized spacial score (nSPS) is 11.4. The summed E-state index contributed by atoms with van der Waals surface area (Å²) >= 11 is 5.77. The summed E-state index contributed by atoms with van der Waals surface area (Å²) in [5, 5.41) is 7.45. The second-order valence-corrected chi connectivity index (χ2v) is 3.09. The minimum Gasteiger partial charge on any atom is -0.244 e. The number of halogens is 1. The van der Waals surface area contributed by atoms with E-state index in [0.717, 1.165) is 9.36 Å². The zero-order valence-electron chi connectivity index (χ0n) is 8.31. The van der Waals surface area contributed by atoms with Gasteiger partial charge in [-0.3, -0.25) is 0 Å². The van der Waals surface area contributed by atoms with E-state index in [-0.39, 0.29) is 11.1 Å². The molecule has 0 unspecified atom stereocenters. The molecule has 2 rings (SSSR count). The molecule has 6 heteroatoms. The van der Waals surface area contributed by atoms with Gasteiger partial charge in [-0.05, 0) is 28.6 Å².